The second-order valence-electron chi connectivity index (χ2n) is 6.25. The number of carbonyl (C=O) groups is 1. The molecule has 1 aromatic heterocycles. The molecule has 0 unspecified atom stereocenters. The summed E-state index contributed by atoms with van der Waals surface area (Å²) in [6.07, 6.45) is 3.19. The average Bonchev–Trinajstić information content (AvgIpc) is 3.12. The molecule has 134 valence electrons. The Kier molecular flexibility index (Phi) is 5.63. The molecule has 0 aliphatic rings. The minimum atomic E-state index is -0.147. The Labute approximate surface area is 152 Å². The summed E-state index contributed by atoms with van der Waals surface area (Å²) in [7, 11) is 0. The summed E-state index contributed by atoms with van der Waals surface area (Å²) >= 11 is 0. The van der Waals surface area contributed by atoms with E-state index in [1.807, 2.05) is 56.3 Å². The van der Waals surface area contributed by atoms with Gasteiger partial charge >= 0.3 is 0 Å². The highest BCUT2D eigenvalue weighted by atomic mass is 16.5. The lowest BCUT2D eigenvalue weighted by Crippen LogP contribution is -2.28. The fraction of sp³-hybridized carbons (Fsp3) is 0.250. The molecule has 1 N–H and O–H groups in total. The van der Waals surface area contributed by atoms with Gasteiger partial charge in [0.1, 0.15) is 18.4 Å². The number of hydrogen-bond donors (Lipinski definition) is 1. The number of amides is 1. The van der Waals surface area contributed by atoms with Crippen molar-refractivity contribution in [3.05, 3.63) is 77.4 Å². The molecule has 0 spiro atoms. The molecule has 0 atom stereocenters. The Morgan fingerprint density at radius 2 is 2.00 bits per heavy atom. The number of rotatable bonds is 7. The monoisotopic (exact) mass is 350 g/mol. The standard InChI is InChI=1S/C20H22N4O2/c1-15-6-7-19(16(2)8-15)26-12-20(25)22-10-17-4-3-5-18(9-17)11-24-14-21-13-23-24/h3-9,13-14H,10-12H2,1-2H3,(H,22,25). The average molecular weight is 350 g/mol. The number of hydrogen-bond acceptors (Lipinski definition) is 4. The highest BCUT2D eigenvalue weighted by Gasteiger charge is 2.06. The first-order chi connectivity index (χ1) is 12.6. The van der Waals surface area contributed by atoms with Crippen LogP contribution in [0.5, 0.6) is 5.75 Å². The SMILES string of the molecule is Cc1ccc(OCC(=O)NCc2cccc(Cn3cncn3)c2)c(C)c1. The zero-order chi connectivity index (χ0) is 18.4. The van der Waals surface area contributed by atoms with Gasteiger partial charge in [-0.05, 0) is 36.6 Å². The smallest absolute Gasteiger partial charge is 0.258 e. The van der Waals surface area contributed by atoms with Crippen LogP contribution in [-0.4, -0.2) is 27.3 Å². The van der Waals surface area contributed by atoms with Crippen molar-refractivity contribution < 1.29 is 9.53 Å². The Bertz CT molecular complexity index is 875. The second kappa shape index (κ2) is 8.29. The van der Waals surface area contributed by atoms with Crippen LogP contribution in [0.4, 0.5) is 0 Å². The van der Waals surface area contributed by atoms with Crippen molar-refractivity contribution in [2.75, 3.05) is 6.61 Å². The first-order valence-corrected chi connectivity index (χ1v) is 8.47. The van der Waals surface area contributed by atoms with E-state index in [-0.39, 0.29) is 12.5 Å². The van der Waals surface area contributed by atoms with E-state index in [1.165, 1.54) is 11.9 Å². The molecular weight excluding hydrogens is 328 g/mol. The third kappa shape index (κ3) is 4.92. The van der Waals surface area contributed by atoms with Crippen LogP contribution >= 0.6 is 0 Å². The number of ether oxygens (including phenoxy) is 1. The van der Waals surface area contributed by atoms with E-state index >= 15 is 0 Å². The zero-order valence-electron chi connectivity index (χ0n) is 15.0. The molecule has 3 aromatic rings. The van der Waals surface area contributed by atoms with E-state index in [9.17, 15) is 4.79 Å². The van der Waals surface area contributed by atoms with Gasteiger partial charge in [0.2, 0.25) is 0 Å². The molecule has 1 amide bonds. The first-order valence-electron chi connectivity index (χ1n) is 8.47. The van der Waals surface area contributed by atoms with Crippen molar-refractivity contribution in [3.63, 3.8) is 0 Å². The van der Waals surface area contributed by atoms with Crippen LogP contribution in [0.25, 0.3) is 0 Å². The van der Waals surface area contributed by atoms with Gasteiger partial charge in [-0.15, -0.1) is 0 Å². The van der Waals surface area contributed by atoms with Crippen LogP contribution in [0, 0.1) is 13.8 Å². The fourth-order valence-corrected chi connectivity index (χ4v) is 2.70. The fourth-order valence-electron chi connectivity index (χ4n) is 2.70. The number of aryl methyl sites for hydroxylation is 2. The van der Waals surface area contributed by atoms with Crippen molar-refractivity contribution in [3.8, 4) is 5.75 Å². The van der Waals surface area contributed by atoms with Crippen molar-refractivity contribution >= 4 is 5.91 Å². The minimum absolute atomic E-state index is 0.00253. The van der Waals surface area contributed by atoms with Gasteiger partial charge in [-0.3, -0.25) is 4.79 Å². The lowest BCUT2D eigenvalue weighted by Gasteiger charge is -2.11. The van der Waals surface area contributed by atoms with Gasteiger partial charge in [0.05, 0.1) is 6.54 Å². The van der Waals surface area contributed by atoms with Gasteiger partial charge in [0.25, 0.3) is 5.91 Å². The maximum atomic E-state index is 12.1. The summed E-state index contributed by atoms with van der Waals surface area (Å²) in [6, 6.07) is 13.9. The third-order valence-corrected chi connectivity index (χ3v) is 3.98. The second-order valence-corrected chi connectivity index (χ2v) is 6.25. The van der Waals surface area contributed by atoms with Crippen LogP contribution in [0.1, 0.15) is 22.3 Å². The Morgan fingerprint density at radius 3 is 2.77 bits per heavy atom. The lowest BCUT2D eigenvalue weighted by molar-refractivity contribution is -0.123. The molecule has 0 bridgehead atoms. The number of nitrogens with one attached hydrogen (secondary N) is 1. The topological polar surface area (TPSA) is 69.0 Å². The normalized spacial score (nSPS) is 10.5. The molecule has 3 rings (SSSR count). The predicted molar refractivity (Wildman–Crippen MR) is 98.8 cm³/mol. The summed E-state index contributed by atoms with van der Waals surface area (Å²) in [5, 5.41) is 6.99. The first kappa shape index (κ1) is 17.7. The van der Waals surface area contributed by atoms with Crippen LogP contribution in [0.15, 0.2) is 55.1 Å². The molecule has 6 heteroatoms. The van der Waals surface area contributed by atoms with Crippen LogP contribution in [0.3, 0.4) is 0 Å². The van der Waals surface area contributed by atoms with Crippen molar-refractivity contribution in [2.24, 2.45) is 0 Å². The third-order valence-electron chi connectivity index (χ3n) is 3.98. The summed E-state index contributed by atoms with van der Waals surface area (Å²) < 4.78 is 7.36. The van der Waals surface area contributed by atoms with E-state index in [4.69, 9.17) is 4.74 Å². The maximum Gasteiger partial charge on any atom is 0.258 e. The molecule has 26 heavy (non-hydrogen) atoms. The van der Waals surface area contributed by atoms with E-state index in [1.54, 1.807) is 11.0 Å². The molecule has 0 aliphatic carbocycles. The molecule has 0 saturated heterocycles. The van der Waals surface area contributed by atoms with Gasteiger partial charge in [-0.1, -0.05) is 42.0 Å². The zero-order valence-corrected chi connectivity index (χ0v) is 15.0. The van der Waals surface area contributed by atoms with Gasteiger partial charge < -0.3 is 10.1 Å². The van der Waals surface area contributed by atoms with E-state index < -0.39 is 0 Å². The van der Waals surface area contributed by atoms with Gasteiger partial charge in [-0.25, -0.2) is 9.67 Å². The summed E-state index contributed by atoms with van der Waals surface area (Å²) in [6.45, 7) is 5.11. The molecule has 6 nitrogen and oxygen atoms in total. The summed E-state index contributed by atoms with van der Waals surface area (Å²) in [5.74, 6) is 0.590. The molecule has 0 saturated carbocycles. The number of nitrogens with zero attached hydrogens (tertiary/aromatic N) is 3. The number of carbonyl (C=O) groups excluding carboxylic acids is 1. The molecule has 2 aromatic carbocycles. The molecular formula is C20H22N4O2. The Morgan fingerprint density at radius 1 is 1.15 bits per heavy atom. The van der Waals surface area contributed by atoms with Gasteiger partial charge in [-0.2, -0.15) is 5.10 Å². The van der Waals surface area contributed by atoms with Crippen LogP contribution < -0.4 is 10.1 Å². The maximum absolute atomic E-state index is 12.1. The van der Waals surface area contributed by atoms with E-state index in [0.717, 1.165) is 22.4 Å². The largest absolute Gasteiger partial charge is 0.484 e. The molecule has 0 radical (unpaired) electrons. The molecule has 1 heterocycles. The minimum Gasteiger partial charge on any atom is -0.484 e. The van der Waals surface area contributed by atoms with Gasteiger partial charge in [0, 0.05) is 6.54 Å². The Hall–Kier alpha value is -3.15. The van der Waals surface area contributed by atoms with Crippen LogP contribution in [-0.2, 0) is 17.9 Å². The Balaban J connectivity index is 1.49. The highest BCUT2D eigenvalue weighted by Crippen LogP contribution is 2.18. The van der Waals surface area contributed by atoms with Crippen molar-refractivity contribution in [1.82, 2.24) is 20.1 Å². The lowest BCUT2D eigenvalue weighted by atomic mass is 10.1. The molecule has 0 fully saturated rings. The highest BCUT2D eigenvalue weighted by molar-refractivity contribution is 5.77. The van der Waals surface area contributed by atoms with Gasteiger partial charge in [0.15, 0.2) is 6.61 Å². The van der Waals surface area contributed by atoms with Crippen molar-refractivity contribution in [2.45, 2.75) is 26.9 Å². The predicted octanol–water partition coefficient (Wildman–Crippen LogP) is 2.64. The summed E-state index contributed by atoms with van der Waals surface area (Å²) in [4.78, 5) is 16.0. The number of benzene rings is 2. The van der Waals surface area contributed by atoms with Crippen LogP contribution in [0.2, 0.25) is 0 Å². The number of aromatic nitrogens is 3. The van der Waals surface area contributed by atoms with E-state index in [0.29, 0.717) is 13.1 Å². The molecule has 0 aliphatic heterocycles. The quantitative estimate of drug-likeness (QED) is 0.711. The van der Waals surface area contributed by atoms with E-state index in [2.05, 4.69) is 15.4 Å². The summed E-state index contributed by atoms with van der Waals surface area (Å²) in [5.41, 5.74) is 4.33. The van der Waals surface area contributed by atoms with Crippen molar-refractivity contribution in [1.29, 1.82) is 0 Å².